The summed E-state index contributed by atoms with van der Waals surface area (Å²) < 4.78 is 3.43. The highest BCUT2D eigenvalue weighted by atomic mass is 16.3. The Morgan fingerprint density at radius 1 is 1.04 bits per heavy atom. The Kier molecular flexibility index (Phi) is 6.12. The van der Waals surface area contributed by atoms with Crippen molar-refractivity contribution in [2.75, 3.05) is 0 Å². The molecule has 142 valence electrons. The summed E-state index contributed by atoms with van der Waals surface area (Å²) >= 11 is 0. The summed E-state index contributed by atoms with van der Waals surface area (Å²) in [5.74, 6) is 1.13. The normalized spacial score (nSPS) is 12.2. The minimum atomic E-state index is -0.0901. The Morgan fingerprint density at radius 3 is 2.41 bits per heavy atom. The van der Waals surface area contributed by atoms with E-state index in [9.17, 15) is 9.90 Å². The number of phenols is 1. The molecular weight excluding hydrogens is 338 g/mol. The van der Waals surface area contributed by atoms with Crippen molar-refractivity contribution >= 4 is 0 Å². The van der Waals surface area contributed by atoms with Gasteiger partial charge in [0.2, 0.25) is 0 Å². The molecule has 0 saturated carbocycles. The highest BCUT2D eigenvalue weighted by Crippen LogP contribution is 2.16. The van der Waals surface area contributed by atoms with Crippen molar-refractivity contribution in [2.24, 2.45) is 0 Å². The van der Waals surface area contributed by atoms with Crippen LogP contribution >= 0.6 is 0 Å². The Hall–Kier alpha value is -2.82. The lowest BCUT2D eigenvalue weighted by Crippen LogP contribution is -2.28. The molecule has 5 heteroatoms. The monoisotopic (exact) mass is 365 g/mol. The molecule has 2 aromatic carbocycles. The fourth-order valence-electron chi connectivity index (χ4n) is 3.33. The summed E-state index contributed by atoms with van der Waals surface area (Å²) in [6.07, 6.45) is 3.45. The second-order valence-corrected chi connectivity index (χ2v) is 6.90. The van der Waals surface area contributed by atoms with Gasteiger partial charge >= 0.3 is 5.69 Å². The number of phenolic OH excluding ortho intramolecular Hbond substituents is 1. The number of hydrogen-bond donors (Lipinski definition) is 1. The van der Waals surface area contributed by atoms with Gasteiger partial charge in [-0.3, -0.25) is 4.57 Å². The maximum absolute atomic E-state index is 12.9. The zero-order chi connectivity index (χ0) is 19.2. The van der Waals surface area contributed by atoms with Crippen LogP contribution < -0.4 is 5.69 Å². The van der Waals surface area contributed by atoms with Crippen molar-refractivity contribution in [1.29, 1.82) is 0 Å². The fraction of sp³-hybridized carbons (Fsp3) is 0.364. The minimum absolute atomic E-state index is 0.0344. The highest BCUT2D eigenvalue weighted by molar-refractivity contribution is 5.26. The lowest BCUT2D eigenvalue weighted by atomic mass is 10.1. The number of benzene rings is 2. The van der Waals surface area contributed by atoms with Crippen LogP contribution in [0.1, 0.15) is 49.7 Å². The lowest BCUT2D eigenvalue weighted by molar-refractivity contribution is 0.475. The molecule has 1 aromatic heterocycles. The molecular formula is C22H27N3O2. The SMILES string of the molecule is CCCn1c(CCCc2ccc(O)cc2)nn(C(C)c2ccccc2)c1=O. The molecule has 0 bridgehead atoms. The maximum Gasteiger partial charge on any atom is 0.346 e. The fourth-order valence-corrected chi connectivity index (χ4v) is 3.33. The van der Waals surface area contributed by atoms with E-state index in [1.54, 1.807) is 16.8 Å². The molecule has 1 unspecified atom stereocenters. The van der Waals surface area contributed by atoms with Crippen molar-refractivity contribution in [1.82, 2.24) is 14.3 Å². The predicted octanol–water partition coefficient (Wildman–Crippen LogP) is 3.95. The Balaban J connectivity index is 1.77. The van der Waals surface area contributed by atoms with Crippen molar-refractivity contribution in [2.45, 2.75) is 52.1 Å². The second kappa shape index (κ2) is 8.71. The molecule has 1 N–H and O–H groups in total. The van der Waals surface area contributed by atoms with Crippen LogP contribution in [-0.4, -0.2) is 19.5 Å². The van der Waals surface area contributed by atoms with Gasteiger partial charge in [0.1, 0.15) is 11.6 Å². The summed E-state index contributed by atoms with van der Waals surface area (Å²) in [6.45, 7) is 4.78. The van der Waals surface area contributed by atoms with Crippen molar-refractivity contribution in [3.63, 3.8) is 0 Å². The first-order valence-electron chi connectivity index (χ1n) is 9.61. The van der Waals surface area contributed by atoms with E-state index in [0.717, 1.165) is 37.1 Å². The van der Waals surface area contributed by atoms with Gasteiger partial charge in [-0.1, -0.05) is 49.4 Å². The summed E-state index contributed by atoms with van der Waals surface area (Å²) in [5.41, 5.74) is 2.22. The van der Waals surface area contributed by atoms with Crippen LogP contribution in [-0.2, 0) is 19.4 Å². The molecule has 0 radical (unpaired) electrons. The number of hydrogen-bond acceptors (Lipinski definition) is 3. The summed E-state index contributed by atoms with van der Waals surface area (Å²) in [6, 6.07) is 17.2. The van der Waals surface area contributed by atoms with Crippen LogP contribution in [0.25, 0.3) is 0 Å². The molecule has 0 aliphatic heterocycles. The lowest BCUT2D eigenvalue weighted by Gasteiger charge is -2.10. The number of rotatable bonds is 8. The molecule has 27 heavy (non-hydrogen) atoms. The molecule has 0 fully saturated rings. The smallest absolute Gasteiger partial charge is 0.346 e. The average Bonchev–Trinajstić information content (AvgIpc) is 3.00. The molecule has 0 aliphatic carbocycles. The first-order valence-corrected chi connectivity index (χ1v) is 9.61. The van der Waals surface area contributed by atoms with Gasteiger partial charge < -0.3 is 5.11 Å². The van der Waals surface area contributed by atoms with Crippen LogP contribution in [0.3, 0.4) is 0 Å². The highest BCUT2D eigenvalue weighted by Gasteiger charge is 2.18. The third-order valence-electron chi connectivity index (χ3n) is 4.86. The van der Waals surface area contributed by atoms with Gasteiger partial charge in [-0.2, -0.15) is 5.10 Å². The largest absolute Gasteiger partial charge is 0.508 e. The first-order chi connectivity index (χ1) is 13.1. The molecule has 3 rings (SSSR count). The molecule has 0 amide bonds. The zero-order valence-electron chi connectivity index (χ0n) is 16.0. The van der Waals surface area contributed by atoms with Crippen molar-refractivity contribution in [3.05, 3.63) is 82.0 Å². The van der Waals surface area contributed by atoms with Gasteiger partial charge in [0, 0.05) is 13.0 Å². The van der Waals surface area contributed by atoms with Gasteiger partial charge in [0.05, 0.1) is 6.04 Å². The summed E-state index contributed by atoms with van der Waals surface area (Å²) in [7, 11) is 0. The van der Waals surface area contributed by atoms with E-state index in [2.05, 4.69) is 12.0 Å². The molecule has 0 aliphatic rings. The van der Waals surface area contributed by atoms with Crippen LogP contribution in [0.5, 0.6) is 5.75 Å². The predicted molar refractivity (Wildman–Crippen MR) is 107 cm³/mol. The van der Waals surface area contributed by atoms with Crippen LogP contribution in [0.15, 0.2) is 59.4 Å². The topological polar surface area (TPSA) is 60.0 Å². The number of aryl methyl sites for hydroxylation is 2. The summed E-state index contributed by atoms with van der Waals surface area (Å²) in [5, 5.41) is 14.1. The second-order valence-electron chi connectivity index (χ2n) is 6.90. The number of aromatic hydroxyl groups is 1. The number of nitrogens with zero attached hydrogens (tertiary/aromatic N) is 3. The molecule has 0 spiro atoms. The van der Waals surface area contributed by atoms with Gasteiger partial charge in [-0.05, 0) is 49.4 Å². The van der Waals surface area contributed by atoms with Crippen LogP contribution in [0.4, 0.5) is 0 Å². The first kappa shape index (κ1) is 19.0. The molecule has 5 nitrogen and oxygen atoms in total. The third kappa shape index (κ3) is 4.48. The Morgan fingerprint density at radius 2 is 1.74 bits per heavy atom. The van der Waals surface area contributed by atoms with Gasteiger partial charge in [-0.15, -0.1) is 0 Å². The average molecular weight is 365 g/mol. The van der Waals surface area contributed by atoms with E-state index in [4.69, 9.17) is 0 Å². The van der Waals surface area contributed by atoms with Crippen LogP contribution in [0, 0.1) is 0 Å². The van der Waals surface area contributed by atoms with Gasteiger partial charge in [-0.25, -0.2) is 9.48 Å². The van der Waals surface area contributed by atoms with E-state index in [-0.39, 0.29) is 17.5 Å². The van der Waals surface area contributed by atoms with E-state index in [1.165, 1.54) is 5.56 Å². The Labute approximate surface area is 159 Å². The number of aromatic nitrogens is 3. The molecule has 3 aromatic rings. The molecule has 0 saturated heterocycles. The van der Waals surface area contributed by atoms with Crippen molar-refractivity contribution in [3.8, 4) is 5.75 Å². The van der Waals surface area contributed by atoms with E-state index in [0.29, 0.717) is 6.54 Å². The Bertz CT molecular complexity index is 911. The van der Waals surface area contributed by atoms with E-state index < -0.39 is 0 Å². The molecule has 1 atom stereocenters. The van der Waals surface area contributed by atoms with Crippen LogP contribution in [0.2, 0.25) is 0 Å². The summed E-state index contributed by atoms with van der Waals surface area (Å²) in [4.78, 5) is 12.9. The zero-order valence-corrected chi connectivity index (χ0v) is 16.0. The standard InChI is InChI=1S/C22H27N3O2/c1-3-16-24-21(11-7-8-18-12-14-20(26)15-13-18)23-25(22(24)27)17(2)19-9-5-4-6-10-19/h4-6,9-10,12-15,17,26H,3,7-8,11,16H2,1-2H3. The minimum Gasteiger partial charge on any atom is -0.508 e. The van der Waals surface area contributed by atoms with Gasteiger partial charge in [0.25, 0.3) is 0 Å². The maximum atomic E-state index is 12.9. The van der Waals surface area contributed by atoms with Gasteiger partial charge in [0.15, 0.2) is 0 Å². The van der Waals surface area contributed by atoms with Crippen molar-refractivity contribution < 1.29 is 5.11 Å². The third-order valence-corrected chi connectivity index (χ3v) is 4.86. The van der Waals surface area contributed by atoms with E-state index in [1.807, 2.05) is 54.0 Å². The van der Waals surface area contributed by atoms with E-state index >= 15 is 0 Å². The quantitative estimate of drug-likeness (QED) is 0.658. The molecule has 1 heterocycles.